The van der Waals surface area contributed by atoms with Crippen LogP contribution < -0.4 is 4.90 Å². The van der Waals surface area contributed by atoms with Gasteiger partial charge >= 0.3 is 6.09 Å². The molecule has 1 aromatic rings. The summed E-state index contributed by atoms with van der Waals surface area (Å²) in [5, 5.41) is 0. The Morgan fingerprint density at radius 2 is 1.97 bits per heavy atom. The molecule has 1 aromatic carbocycles. The topological polar surface area (TPSA) is 52.9 Å². The number of hydrogen-bond donors (Lipinski definition) is 0. The predicted molar refractivity (Wildman–Crippen MR) is 126 cm³/mol. The van der Waals surface area contributed by atoms with Gasteiger partial charge in [-0.25, -0.2) is 4.79 Å². The number of piperidine rings is 2. The van der Waals surface area contributed by atoms with E-state index in [1.807, 2.05) is 15.9 Å². The Balaban J connectivity index is 1.13. The Morgan fingerprint density at radius 3 is 2.73 bits per heavy atom. The maximum absolute atomic E-state index is 12.7. The summed E-state index contributed by atoms with van der Waals surface area (Å²) in [6.45, 7) is 6.58. The number of nitrogens with zero attached hydrogens (tertiary/aromatic N) is 3. The number of benzene rings is 1. The number of amides is 2. The van der Waals surface area contributed by atoms with Gasteiger partial charge in [0.15, 0.2) is 6.61 Å². The normalized spacial score (nSPS) is 33.2. The third-order valence-corrected chi connectivity index (χ3v) is 9.40. The molecule has 2 spiro atoms. The van der Waals surface area contributed by atoms with Crippen LogP contribution >= 0.6 is 0 Å². The molecule has 2 amide bonds. The quantitative estimate of drug-likeness (QED) is 0.514. The summed E-state index contributed by atoms with van der Waals surface area (Å²) in [5.41, 5.74) is 2.59. The third kappa shape index (κ3) is 2.98. The number of carbonyl (C=O) groups excluding carboxylic acids is 2. The van der Waals surface area contributed by atoms with E-state index in [1.54, 1.807) is 13.8 Å². The minimum Gasteiger partial charge on any atom is -0.436 e. The molecule has 0 bridgehead atoms. The SMILES string of the molecule is CC#CCOC(=O)N1C2CCC3CC(N4CCC5(CC4)CN(C(C)=O)c4ccccc45)CC321. The largest absolute Gasteiger partial charge is 0.436 e. The van der Waals surface area contributed by atoms with Crippen molar-refractivity contribution in [2.75, 3.05) is 31.1 Å². The van der Waals surface area contributed by atoms with Crippen molar-refractivity contribution in [1.29, 1.82) is 0 Å². The van der Waals surface area contributed by atoms with Crippen molar-refractivity contribution in [2.24, 2.45) is 5.92 Å². The van der Waals surface area contributed by atoms with Crippen molar-refractivity contribution in [2.45, 2.75) is 75.4 Å². The summed E-state index contributed by atoms with van der Waals surface area (Å²) in [6.07, 6.45) is 6.64. The van der Waals surface area contributed by atoms with Crippen molar-refractivity contribution in [3.05, 3.63) is 29.8 Å². The molecule has 174 valence electrons. The number of ether oxygens (including phenoxy) is 1. The van der Waals surface area contributed by atoms with E-state index in [1.165, 1.54) is 18.4 Å². The highest BCUT2D eigenvalue weighted by Crippen LogP contribution is 2.65. The number of likely N-dealkylation sites (tertiary alicyclic amines) is 2. The molecule has 6 rings (SSSR count). The summed E-state index contributed by atoms with van der Waals surface area (Å²) < 4.78 is 5.42. The third-order valence-electron chi connectivity index (χ3n) is 9.40. The zero-order chi connectivity index (χ0) is 22.8. The molecule has 5 aliphatic rings. The smallest absolute Gasteiger partial charge is 0.411 e. The Hall–Kier alpha value is -2.52. The standard InChI is InChI=1S/C27H33N3O3/c1-3-4-15-33-25(32)30-24-10-9-20-16-21(17-27(20,24)30)28-13-11-26(12-14-28)18-29(19(2)31)23-8-6-5-7-22(23)26/h5-8,20-21,24H,9-18H2,1-2H3. The number of carbonyl (C=O) groups is 2. The average Bonchev–Trinajstić information content (AvgIpc) is 3.09. The molecule has 0 aromatic heterocycles. The molecule has 3 heterocycles. The van der Waals surface area contributed by atoms with Crippen LogP contribution in [-0.4, -0.2) is 65.7 Å². The van der Waals surface area contributed by atoms with E-state index in [0.717, 1.165) is 51.0 Å². The molecule has 4 fully saturated rings. The highest BCUT2D eigenvalue weighted by Gasteiger charge is 2.75. The lowest BCUT2D eigenvalue weighted by Gasteiger charge is -2.42. The van der Waals surface area contributed by atoms with Crippen molar-refractivity contribution in [1.82, 2.24) is 9.80 Å². The monoisotopic (exact) mass is 447 g/mol. The van der Waals surface area contributed by atoms with E-state index >= 15 is 0 Å². The van der Waals surface area contributed by atoms with Crippen LogP contribution in [-0.2, 0) is 14.9 Å². The van der Waals surface area contributed by atoms with Gasteiger partial charge in [-0.2, -0.15) is 0 Å². The summed E-state index contributed by atoms with van der Waals surface area (Å²) in [4.78, 5) is 31.7. The number of para-hydroxylation sites is 1. The van der Waals surface area contributed by atoms with E-state index in [-0.39, 0.29) is 29.6 Å². The number of fused-ring (bicyclic) bond motifs is 2. The Kier molecular flexibility index (Phi) is 4.78. The fourth-order valence-corrected chi connectivity index (χ4v) is 7.85. The maximum Gasteiger partial charge on any atom is 0.411 e. The van der Waals surface area contributed by atoms with Gasteiger partial charge in [0, 0.05) is 30.6 Å². The van der Waals surface area contributed by atoms with E-state index in [9.17, 15) is 9.59 Å². The zero-order valence-electron chi connectivity index (χ0n) is 19.7. The van der Waals surface area contributed by atoms with Gasteiger partial charge in [-0.05, 0) is 76.1 Å². The first-order valence-corrected chi connectivity index (χ1v) is 12.5. The summed E-state index contributed by atoms with van der Waals surface area (Å²) in [5.74, 6) is 6.37. The lowest BCUT2D eigenvalue weighted by molar-refractivity contribution is -0.116. The highest BCUT2D eigenvalue weighted by atomic mass is 16.6. The van der Waals surface area contributed by atoms with Crippen molar-refractivity contribution in [3.63, 3.8) is 0 Å². The molecule has 4 unspecified atom stereocenters. The lowest BCUT2D eigenvalue weighted by Crippen LogP contribution is -2.48. The van der Waals surface area contributed by atoms with Crippen LogP contribution in [0.2, 0.25) is 0 Å². The predicted octanol–water partition coefficient (Wildman–Crippen LogP) is 3.54. The molecule has 2 saturated carbocycles. The molecular weight excluding hydrogens is 414 g/mol. The van der Waals surface area contributed by atoms with Gasteiger partial charge in [-0.15, -0.1) is 5.92 Å². The molecule has 4 atom stereocenters. The lowest BCUT2D eigenvalue weighted by atomic mass is 9.74. The van der Waals surface area contributed by atoms with E-state index in [2.05, 4.69) is 34.9 Å². The van der Waals surface area contributed by atoms with Crippen LogP contribution in [0.1, 0.15) is 57.9 Å². The van der Waals surface area contributed by atoms with Crippen molar-refractivity contribution < 1.29 is 14.3 Å². The highest BCUT2D eigenvalue weighted by molar-refractivity contribution is 5.94. The number of rotatable bonds is 2. The second-order valence-corrected chi connectivity index (χ2v) is 10.7. The van der Waals surface area contributed by atoms with Gasteiger partial charge in [0.1, 0.15) is 0 Å². The minimum absolute atomic E-state index is 0.0436. The van der Waals surface area contributed by atoms with Crippen LogP contribution in [0, 0.1) is 17.8 Å². The van der Waals surface area contributed by atoms with E-state index in [4.69, 9.17) is 4.74 Å². The summed E-state index contributed by atoms with van der Waals surface area (Å²) >= 11 is 0. The minimum atomic E-state index is -0.169. The average molecular weight is 448 g/mol. The molecule has 0 N–H and O–H groups in total. The first kappa shape index (κ1) is 21.0. The Labute approximate surface area is 196 Å². The molecule has 3 aliphatic heterocycles. The number of anilines is 1. The molecule has 2 aliphatic carbocycles. The molecule has 33 heavy (non-hydrogen) atoms. The zero-order valence-corrected chi connectivity index (χ0v) is 19.7. The Morgan fingerprint density at radius 1 is 1.18 bits per heavy atom. The molecule has 6 nitrogen and oxygen atoms in total. The van der Waals surface area contributed by atoms with Crippen LogP contribution in [0.15, 0.2) is 24.3 Å². The van der Waals surface area contributed by atoms with Crippen molar-refractivity contribution >= 4 is 17.7 Å². The van der Waals surface area contributed by atoms with E-state index < -0.39 is 0 Å². The van der Waals surface area contributed by atoms with Crippen LogP contribution in [0.5, 0.6) is 0 Å². The Bertz CT molecular complexity index is 1050. The van der Waals surface area contributed by atoms with Gasteiger partial charge in [0.25, 0.3) is 0 Å². The summed E-state index contributed by atoms with van der Waals surface area (Å²) in [7, 11) is 0. The molecule has 2 saturated heterocycles. The van der Waals surface area contributed by atoms with Crippen LogP contribution in [0.4, 0.5) is 10.5 Å². The fourth-order valence-electron chi connectivity index (χ4n) is 7.85. The fraction of sp³-hybridized carbons (Fsp3) is 0.630. The van der Waals surface area contributed by atoms with E-state index in [0.29, 0.717) is 18.0 Å². The van der Waals surface area contributed by atoms with Gasteiger partial charge in [0.05, 0.1) is 11.6 Å². The maximum atomic E-state index is 12.7. The van der Waals surface area contributed by atoms with Crippen LogP contribution in [0.25, 0.3) is 0 Å². The van der Waals surface area contributed by atoms with Gasteiger partial charge in [-0.1, -0.05) is 24.1 Å². The summed E-state index contributed by atoms with van der Waals surface area (Å²) in [6, 6.07) is 9.40. The van der Waals surface area contributed by atoms with Gasteiger partial charge in [-0.3, -0.25) is 9.69 Å². The van der Waals surface area contributed by atoms with Gasteiger partial charge in [0.2, 0.25) is 5.91 Å². The number of hydrogen-bond acceptors (Lipinski definition) is 4. The van der Waals surface area contributed by atoms with Gasteiger partial charge < -0.3 is 14.5 Å². The van der Waals surface area contributed by atoms with Crippen LogP contribution in [0.3, 0.4) is 0 Å². The first-order valence-electron chi connectivity index (χ1n) is 12.5. The van der Waals surface area contributed by atoms with Crippen molar-refractivity contribution in [3.8, 4) is 11.8 Å². The second-order valence-electron chi connectivity index (χ2n) is 10.7. The molecule has 6 heteroatoms. The molecular formula is C27H33N3O3. The second kappa shape index (κ2) is 7.50. The first-order chi connectivity index (χ1) is 16.0. The molecule has 0 radical (unpaired) electrons.